The summed E-state index contributed by atoms with van der Waals surface area (Å²) in [6.07, 6.45) is 1.15. The van der Waals surface area contributed by atoms with Crippen LogP contribution in [0, 0.1) is 5.92 Å². The van der Waals surface area contributed by atoms with Crippen LogP contribution in [0.15, 0.2) is 0 Å². The van der Waals surface area contributed by atoms with Gasteiger partial charge in [-0.3, -0.25) is 4.79 Å². The fraction of sp³-hybridized carbons (Fsp3) is 0.875. The van der Waals surface area contributed by atoms with E-state index in [0.717, 1.165) is 6.26 Å². The molecule has 84 valence electrons. The van der Waals surface area contributed by atoms with Crippen molar-refractivity contribution in [3.05, 3.63) is 0 Å². The van der Waals surface area contributed by atoms with Gasteiger partial charge in [-0.1, -0.05) is 6.92 Å². The Morgan fingerprint density at radius 3 is 2.36 bits per heavy atom. The number of hydrogen-bond donors (Lipinski definition) is 0. The van der Waals surface area contributed by atoms with Crippen molar-refractivity contribution in [3.63, 3.8) is 0 Å². The lowest BCUT2D eigenvalue weighted by Gasteiger charge is -2.19. The van der Waals surface area contributed by atoms with Crippen molar-refractivity contribution in [2.24, 2.45) is 5.92 Å². The molecule has 0 rings (SSSR count). The first-order valence-electron chi connectivity index (χ1n) is 4.26. The molecule has 0 aliphatic carbocycles. The molecule has 1 unspecified atom stereocenters. The maximum absolute atomic E-state index is 11.4. The van der Waals surface area contributed by atoms with Crippen LogP contribution in [0.4, 0.5) is 0 Å². The maximum atomic E-state index is 11.4. The molecule has 0 heterocycles. The summed E-state index contributed by atoms with van der Waals surface area (Å²) in [5, 5.41) is 0. The molecule has 1 atom stereocenters. The SMILES string of the molecule is CC(CCl)C(=O)N(C)CCS(C)(=O)=O. The van der Waals surface area contributed by atoms with Gasteiger partial charge in [-0.15, -0.1) is 11.6 Å². The molecule has 0 bridgehead atoms. The van der Waals surface area contributed by atoms with Crippen LogP contribution in [0.2, 0.25) is 0 Å². The number of alkyl halides is 1. The summed E-state index contributed by atoms with van der Waals surface area (Å²) in [6.45, 7) is 1.94. The first-order valence-corrected chi connectivity index (χ1v) is 6.86. The highest BCUT2D eigenvalue weighted by Crippen LogP contribution is 2.03. The molecule has 0 aliphatic heterocycles. The summed E-state index contributed by atoms with van der Waals surface area (Å²) < 4.78 is 21.7. The summed E-state index contributed by atoms with van der Waals surface area (Å²) >= 11 is 5.52. The van der Waals surface area contributed by atoms with Gasteiger partial charge in [-0.05, 0) is 0 Å². The number of sulfone groups is 1. The Balaban J connectivity index is 4.09. The van der Waals surface area contributed by atoms with Gasteiger partial charge in [0.1, 0.15) is 9.84 Å². The highest BCUT2D eigenvalue weighted by molar-refractivity contribution is 7.90. The van der Waals surface area contributed by atoms with E-state index in [1.165, 1.54) is 4.90 Å². The van der Waals surface area contributed by atoms with E-state index < -0.39 is 9.84 Å². The van der Waals surface area contributed by atoms with E-state index in [-0.39, 0.29) is 30.0 Å². The van der Waals surface area contributed by atoms with E-state index in [2.05, 4.69) is 0 Å². The van der Waals surface area contributed by atoms with Crippen molar-refractivity contribution in [1.29, 1.82) is 0 Å². The van der Waals surface area contributed by atoms with Crippen LogP contribution in [-0.4, -0.2) is 50.7 Å². The first kappa shape index (κ1) is 13.7. The lowest BCUT2D eigenvalue weighted by atomic mass is 10.2. The number of carbonyl (C=O) groups is 1. The molecule has 0 aromatic heterocycles. The highest BCUT2D eigenvalue weighted by Gasteiger charge is 2.17. The minimum absolute atomic E-state index is 0.00968. The zero-order valence-electron chi connectivity index (χ0n) is 8.66. The van der Waals surface area contributed by atoms with E-state index in [1.54, 1.807) is 14.0 Å². The fourth-order valence-electron chi connectivity index (χ4n) is 0.855. The Morgan fingerprint density at radius 1 is 1.50 bits per heavy atom. The maximum Gasteiger partial charge on any atom is 0.226 e. The van der Waals surface area contributed by atoms with Gasteiger partial charge in [0.05, 0.1) is 5.75 Å². The molecular formula is C8H16ClNO3S. The van der Waals surface area contributed by atoms with Crippen LogP contribution in [0.3, 0.4) is 0 Å². The monoisotopic (exact) mass is 241 g/mol. The second kappa shape index (κ2) is 5.56. The van der Waals surface area contributed by atoms with Gasteiger partial charge < -0.3 is 4.90 Å². The molecule has 1 amide bonds. The number of halogens is 1. The van der Waals surface area contributed by atoms with E-state index >= 15 is 0 Å². The van der Waals surface area contributed by atoms with E-state index in [0.29, 0.717) is 0 Å². The predicted molar refractivity (Wildman–Crippen MR) is 57.2 cm³/mol. The number of carbonyl (C=O) groups excluding carboxylic acids is 1. The Labute approximate surface area is 90.1 Å². The molecule has 0 aromatic rings. The Kier molecular flexibility index (Phi) is 5.44. The molecule has 0 spiro atoms. The third-order valence-corrected chi connectivity index (χ3v) is 3.21. The van der Waals surface area contributed by atoms with Gasteiger partial charge in [0.25, 0.3) is 0 Å². The van der Waals surface area contributed by atoms with Crippen LogP contribution in [0.1, 0.15) is 6.92 Å². The summed E-state index contributed by atoms with van der Waals surface area (Å²) in [7, 11) is -1.43. The fourth-order valence-corrected chi connectivity index (χ4v) is 1.59. The summed E-state index contributed by atoms with van der Waals surface area (Å²) in [4.78, 5) is 12.8. The third-order valence-electron chi connectivity index (χ3n) is 1.83. The number of hydrogen-bond acceptors (Lipinski definition) is 3. The summed E-state index contributed by atoms with van der Waals surface area (Å²) in [5.41, 5.74) is 0. The third kappa shape index (κ3) is 5.44. The Hall–Kier alpha value is -0.290. The minimum atomic E-state index is -3.01. The Morgan fingerprint density at radius 2 is 2.00 bits per heavy atom. The first-order chi connectivity index (χ1) is 6.28. The summed E-state index contributed by atoms with van der Waals surface area (Å²) in [6, 6.07) is 0. The lowest BCUT2D eigenvalue weighted by molar-refractivity contribution is -0.132. The zero-order valence-corrected chi connectivity index (χ0v) is 10.2. The van der Waals surface area contributed by atoms with Crippen molar-refractivity contribution in [2.75, 3.05) is 31.5 Å². The number of nitrogens with zero attached hydrogens (tertiary/aromatic N) is 1. The van der Waals surface area contributed by atoms with Gasteiger partial charge >= 0.3 is 0 Å². The quantitative estimate of drug-likeness (QED) is 0.654. The van der Waals surface area contributed by atoms with Gasteiger partial charge in [0, 0.05) is 31.6 Å². The molecular weight excluding hydrogens is 226 g/mol. The highest BCUT2D eigenvalue weighted by atomic mass is 35.5. The molecule has 14 heavy (non-hydrogen) atoms. The molecule has 0 radical (unpaired) electrons. The largest absolute Gasteiger partial charge is 0.344 e. The van der Waals surface area contributed by atoms with Crippen molar-refractivity contribution in [1.82, 2.24) is 4.90 Å². The second-order valence-corrected chi connectivity index (χ2v) is 6.01. The van der Waals surface area contributed by atoms with E-state index in [9.17, 15) is 13.2 Å². The second-order valence-electron chi connectivity index (χ2n) is 3.45. The molecule has 0 saturated carbocycles. The number of rotatable bonds is 5. The standard InChI is InChI=1S/C8H16ClNO3S/c1-7(6-9)8(11)10(2)4-5-14(3,12)13/h7H,4-6H2,1-3H3. The van der Waals surface area contributed by atoms with Gasteiger partial charge in [0.2, 0.25) is 5.91 Å². The van der Waals surface area contributed by atoms with Crippen molar-refractivity contribution < 1.29 is 13.2 Å². The van der Waals surface area contributed by atoms with Crippen molar-refractivity contribution in [2.45, 2.75) is 6.92 Å². The van der Waals surface area contributed by atoms with Gasteiger partial charge in [-0.2, -0.15) is 0 Å². The molecule has 0 aliphatic rings. The van der Waals surface area contributed by atoms with Crippen LogP contribution < -0.4 is 0 Å². The van der Waals surface area contributed by atoms with E-state index in [1.807, 2.05) is 0 Å². The molecule has 6 heteroatoms. The van der Waals surface area contributed by atoms with Crippen LogP contribution in [0.25, 0.3) is 0 Å². The molecule has 0 aromatic carbocycles. The summed E-state index contributed by atoms with van der Waals surface area (Å²) in [5.74, 6) is -0.142. The average Bonchev–Trinajstić information content (AvgIpc) is 2.10. The van der Waals surface area contributed by atoms with Crippen LogP contribution in [-0.2, 0) is 14.6 Å². The number of amides is 1. The van der Waals surface area contributed by atoms with Crippen molar-refractivity contribution in [3.8, 4) is 0 Å². The van der Waals surface area contributed by atoms with Crippen molar-refractivity contribution >= 4 is 27.3 Å². The van der Waals surface area contributed by atoms with E-state index in [4.69, 9.17) is 11.6 Å². The lowest BCUT2D eigenvalue weighted by Crippen LogP contribution is -2.35. The average molecular weight is 242 g/mol. The van der Waals surface area contributed by atoms with Gasteiger partial charge in [-0.25, -0.2) is 8.42 Å². The van der Waals surface area contributed by atoms with Crippen LogP contribution >= 0.6 is 11.6 Å². The predicted octanol–water partition coefficient (Wildman–Crippen LogP) is 0.364. The topological polar surface area (TPSA) is 54.5 Å². The molecule has 0 N–H and O–H groups in total. The van der Waals surface area contributed by atoms with Crippen LogP contribution in [0.5, 0.6) is 0 Å². The molecule has 4 nitrogen and oxygen atoms in total. The smallest absolute Gasteiger partial charge is 0.226 e. The normalized spacial score (nSPS) is 13.7. The molecule has 0 fully saturated rings. The van der Waals surface area contributed by atoms with Gasteiger partial charge in [0.15, 0.2) is 0 Å². The molecule has 0 saturated heterocycles. The Bertz CT molecular complexity index is 289. The minimum Gasteiger partial charge on any atom is -0.344 e. The zero-order chi connectivity index (χ0) is 11.4.